The van der Waals surface area contributed by atoms with E-state index in [9.17, 15) is 4.79 Å². The molecule has 0 aliphatic rings. The first-order chi connectivity index (χ1) is 8.13. The van der Waals surface area contributed by atoms with Gasteiger partial charge in [-0.05, 0) is 38.3 Å². The molecule has 0 heterocycles. The van der Waals surface area contributed by atoms with E-state index in [-0.39, 0.29) is 6.42 Å². The Morgan fingerprint density at radius 1 is 1.29 bits per heavy atom. The zero-order chi connectivity index (χ0) is 12.4. The van der Waals surface area contributed by atoms with Crippen molar-refractivity contribution in [1.29, 1.82) is 0 Å². The highest BCUT2D eigenvalue weighted by molar-refractivity contribution is 9.10. The standard InChI is InChI=1S/C13H11BrO3/c1-17-11-6-5-9-8(7-12(15)16)3-2-4-10(9)13(11)14/h2-6H,7H2,1H3,(H,15,16). The molecule has 3 nitrogen and oxygen atoms in total. The molecule has 2 aromatic carbocycles. The van der Waals surface area contributed by atoms with Gasteiger partial charge in [-0.1, -0.05) is 24.3 Å². The number of aliphatic carboxylic acids is 1. The van der Waals surface area contributed by atoms with E-state index in [4.69, 9.17) is 9.84 Å². The molecule has 0 radical (unpaired) electrons. The number of hydrogen-bond donors (Lipinski definition) is 1. The van der Waals surface area contributed by atoms with Crippen molar-refractivity contribution in [2.75, 3.05) is 7.11 Å². The van der Waals surface area contributed by atoms with Gasteiger partial charge in [0, 0.05) is 0 Å². The Hall–Kier alpha value is -1.55. The molecule has 0 unspecified atom stereocenters. The summed E-state index contributed by atoms with van der Waals surface area (Å²) in [5.74, 6) is -0.0885. The highest BCUT2D eigenvalue weighted by Crippen LogP contribution is 2.34. The fraction of sp³-hybridized carbons (Fsp3) is 0.154. The summed E-state index contributed by atoms with van der Waals surface area (Å²) < 4.78 is 6.06. The number of hydrogen-bond acceptors (Lipinski definition) is 2. The number of benzene rings is 2. The molecule has 0 aliphatic carbocycles. The third-order valence-corrected chi connectivity index (χ3v) is 3.43. The summed E-state index contributed by atoms with van der Waals surface area (Å²) in [5.41, 5.74) is 0.804. The molecular weight excluding hydrogens is 284 g/mol. The van der Waals surface area contributed by atoms with Crippen molar-refractivity contribution in [2.24, 2.45) is 0 Å². The minimum Gasteiger partial charge on any atom is -0.496 e. The van der Waals surface area contributed by atoms with Crippen molar-refractivity contribution in [2.45, 2.75) is 6.42 Å². The molecule has 2 aromatic rings. The van der Waals surface area contributed by atoms with E-state index >= 15 is 0 Å². The molecule has 0 spiro atoms. The lowest BCUT2D eigenvalue weighted by molar-refractivity contribution is -0.136. The largest absolute Gasteiger partial charge is 0.496 e. The van der Waals surface area contributed by atoms with Gasteiger partial charge < -0.3 is 9.84 Å². The Bertz CT molecular complexity index is 578. The van der Waals surface area contributed by atoms with Gasteiger partial charge in [0.25, 0.3) is 0 Å². The number of carbonyl (C=O) groups is 1. The fourth-order valence-corrected chi connectivity index (χ4v) is 2.48. The second kappa shape index (κ2) is 4.75. The number of ether oxygens (including phenoxy) is 1. The first-order valence-electron chi connectivity index (χ1n) is 5.09. The van der Waals surface area contributed by atoms with Crippen molar-refractivity contribution < 1.29 is 14.6 Å². The topological polar surface area (TPSA) is 46.5 Å². The number of rotatable bonds is 3. The second-order valence-corrected chi connectivity index (χ2v) is 4.46. The van der Waals surface area contributed by atoms with E-state index in [1.54, 1.807) is 7.11 Å². The van der Waals surface area contributed by atoms with Crippen molar-refractivity contribution in [3.05, 3.63) is 40.4 Å². The molecule has 0 aliphatic heterocycles. The van der Waals surface area contributed by atoms with E-state index < -0.39 is 5.97 Å². The molecule has 0 fully saturated rings. The number of fused-ring (bicyclic) bond motifs is 1. The van der Waals surface area contributed by atoms with Gasteiger partial charge in [0.05, 0.1) is 18.0 Å². The molecule has 88 valence electrons. The molecular formula is C13H11BrO3. The zero-order valence-electron chi connectivity index (χ0n) is 9.24. The van der Waals surface area contributed by atoms with Crippen LogP contribution < -0.4 is 4.74 Å². The van der Waals surface area contributed by atoms with Crippen LogP contribution in [0.25, 0.3) is 10.8 Å². The van der Waals surface area contributed by atoms with Crippen molar-refractivity contribution in [1.82, 2.24) is 0 Å². The summed E-state index contributed by atoms with van der Waals surface area (Å²) in [6, 6.07) is 9.34. The van der Waals surface area contributed by atoms with Crippen molar-refractivity contribution in [3.63, 3.8) is 0 Å². The Balaban J connectivity index is 2.66. The van der Waals surface area contributed by atoms with Crippen LogP contribution in [0.1, 0.15) is 5.56 Å². The average molecular weight is 295 g/mol. The Kier molecular flexibility index (Phi) is 3.33. The summed E-state index contributed by atoms with van der Waals surface area (Å²) in [4.78, 5) is 10.8. The van der Waals surface area contributed by atoms with Crippen LogP contribution in [-0.2, 0) is 11.2 Å². The van der Waals surface area contributed by atoms with Crippen LogP contribution in [0.4, 0.5) is 0 Å². The molecule has 1 N–H and O–H groups in total. The SMILES string of the molecule is COc1ccc2c(CC(=O)O)cccc2c1Br. The van der Waals surface area contributed by atoms with Gasteiger partial charge in [0.15, 0.2) is 0 Å². The molecule has 0 amide bonds. The van der Waals surface area contributed by atoms with Crippen molar-refractivity contribution >= 4 is 32.7 Å². The quantitative estimate of drug-likeness (QED) is 0.945. The van der Waals surface area contributed by atoms with E-state index in [0.717, 1.165) is 26.6 Å². The van der Waals surface area contributed by atoms with Crippen LogP contribution in [0.15, 0.2) is 34.8 Å². The molecule has 4 heteroatoms. The fourth-order valence-electron chi connectivity index (χ4n) is 1.84. The van der Waals surface area contributed by atoms with E-state index in [1.807, 2.05) is 30.3 Å². The third kappa shape index (κ3) is 2.26. The second-order valence-electron chi connectivity index (χ2n) is 3.66. The highest BCUT2D eigenvalue weighted by Gasteiger charge is 2.10. The van der Waals surface area contributed by atoms with Crippen LogP contribution >= 0.6 is 15.9 Å². The van der Waals surface area contributed by atoms with Crippen LogP contribution in [0.3, 0.4) is 0 Å². The van der Waals surface area contributed by atoms with E-state index in [2.05, 4.69) is 15.9 Å². The van der Waals surface area contributed by atoms with Gasteiger partial charge in [-0.25, -0.2) is 0 Å². The van der Waals surface area contributed by atoms with Crippen LogP contribution in [0.5, 0.6) is 5.75 Å². The Labute approximate surface area is 107 Å². The number of methoxy groups -OCH3 is 1. The predicted molar refractivity (Wildman–Crippen MR) is 69.5 cm³/mol. The molecule has 0 saturated carbocycles. The Morgan fingerprint density at radius 3 is 2.71 bits per heavy atom. The lowest BCUT2D eigenvalue weighted by Gasteiger charge is -2.09. The Morgan fingerprint density at radius 2 is 2.06 bits per heavy atom. The summed E-state index contributed by atoms with van der Waals surface area (Å²) in [6.07, 6.45) is 0.0239. The first kappa shape index (κ1) is 11.9. The summed E-state index contributed by atoms with van der Waals surface area (Å²) in [5, 5.41) is 10.8. The van der Waals surface area contributed by atoms with Gasteiger partial charge in [0.1, 0.15) is 5.75 Å². The average Bonchev–Trinajstić information content (AvgIpc) is 2.30. The minimum absolute atomic E-state index is 0.0239. The lowest BCUT2D eigenvalue weighted by Crippen LogP contribution is -2.00. The minimum atomic E-state index is -0.829. The summed E-state index contributed by atoms with van der Waals surface area (Å²) in [7, 11) is 1.60. The number of carboxylic acid groups (broad SMARTS) is 1. The van der Waals surface area contributed by atoms with Crippen molar-refractivity contribution in [3.8, 4) is 5.75 Å². The maximum atomic E-state index is 10.8. The maximum absolute atomic E-state index is 10.8. The number of halogens is 1. The van der Waals surface area contributed by atoms with Gasteiger partial charge in [0.2, 0.25) is 0 Å². The van der Waals surface area contributed by atoms with E-state index in [1.165, 1.54) is 0 Å². The summed E-state index contributed by atoms with van der Waals surface area (Å²) >= 11 is 3.47. The lowest BCUT2D eigenvalue weighted by atomic mass is 10.0. The van der Waals surface area contributed by atoms with Crippen LogP contribution in [0.2, 0.25) is 0 Å². The van der Waals surface area contributed by atoms with Gasteiger partial charge in [-0.2, -0.15) is 0 Å². The zero-order valence-corrected chi connectivity index (χ0v) is 10.8. The predicted octanol–water partition coefficient (Wildman–Crippen LogP) is 3.24. The molecule has 0 atom stereocenters. The maximum Gasteiger partial charge on any atom is 0.307 e. The molecule has 0 bridgehead atoms. The van der Waals surface area contributed by atoms with Gasteiger partial charge in [-0.3, -0.25) is 4.79 Å². The molecule has 0 aromatic heterocycles. The van der Waals surface area contributed by atoms with Gasteiger partial charge >= 0.3 is 5.97 Å². The van der Waals surface area contributed by atoms with Crippen LogP contribution in [-0.4, -0.2) is 18.2 Å². The van der Waals surface area contributed by atoms with Gasteiger partial charge in [-0.15, -0.1) is 0 Å². The molecule has 0 saturated heterocycles. The van der Waals surface area contributed by atoms with E-state index in [0.29, 0.717) is 0 Å². The highest BCUT2D eigenvalue weighted by atomic mass is 79.9. The monoisotopic (exact) mass is 294 g/mol. The molecule has 2 rings (SSSR count). The first-order valence-corrected chi connectivity index (χ1v) is 5.88. The third-order valence-electron chi connectivity index (χ3n) is 2.61. The smallest absolute Gasteiger partial charge is 0.307 e. The number of carboxylic acids is 1. The summed E-state index contributed by atoms with van der Waals surface area (Å²) in [6.45, 7) is 0. The normalized spacial score (nSPS) is 10.5. The molecule has 17 heavy (non-hydrogen) atoms. The van der Waals surface area contributed by atoms with Crippen LogP contribution in [0, 0.1) is 0 Å².